The number of oxazole rings is 1. The Hall–Kier alpha value is -1.59. The lowest BCUT2D eigenvalue weighted by atomic mass is 9.84. The van der Waals surface area contributed by atoms with E-state index in [4.69, 9.17) is 9.52 Å². The minimum absolute atomic E-state index is 0.0474. The van der Waals surface area contributed by atoms with Gasteiger partial charge in [0, 0.05) is 12.0 Å². The molecule has 1 heterocycles. The minimum Gasteiger partial charge on any atom is -0.408 e. The number of hydrogen-bond donors (Lipinski definition) is 3. The molecule has 0 saturated carbocycles. The Bertz CT molecular complexity index is 568. The van der Waals surface area contributed by atoms with Crippen molar-refractivity contribution in [2.24, 2.45) is 0 Å². The van der Waals surface area contributed by atoms with Gasteiger partial charge in [-0.15, -0.1) is 0 Å². The Balaban J connectivity index is 2.37. The maximum absolute atomic E-state index is 11.1. The number of nitrogens with one attached hydrogen (secondary N) is 2. The summed E-state index contributed by atoms with van der Waals surface area (Å²) in [5.74, 6) is -0.441. The van der Waals surface area contributed by atoms with E-state index in [0.29, 0.717) is 17.6 Å². The summed E-state index contributed by atoms with van der Waals surface area (Å²) < 4.78 is 4.95. The third-order valence-electron chi connectivity index (χ3n) is 2.88. The van der Waals surface area contributed by atoms with Crippen LogP contribution in [0.2, 0.25) is 0 Å². The van der Waals surface area contributed by atoms with Crippen LogP contribution in [0.25, 0.3) is 11.1 Å². The number of fused-ring (bicyclic) bond motifs is 1. The third-order valence-corrected chi connectivity index (χ3v) is 2.88. The summed E-state index contributed by atoms with van der Waals surface area (Å²) in [5, 5.41) is 11.7. The first-order chi connectivity index (χ1) is 8.03. The van der Waals surface area contributed by atoms with Crippen molar-refractivity contribution in [1.82, 2.24) is 10.3 Å². The number of aromatic amines is 1. The van der Waals surface area contributed by atoms with Crippen LogP contribution in [0.4, 0.5) is 0 Å². The summed E-state index contributed by atoms with van der Waals surface area (Å²) in [5.41, 5.74) is 2.20. The number of benzene rings is 1. The van der Waals surface area contributed by atoms with E-state index in [2.05, 4.69) is 24.1 Å². The lowest BCUT2D eigenvalue weighted by molar-refractivity contribution is 0.247. The molecule has 5 heteroatoms. The zero-order valence-electron chi connectivity index (χ0n) is 9.91. The minimum atomic E-state index is -0.441. The third kappa shape index (κ3) is 2.40. The highest BCUT2D eigenvalue weighted by atomic mass is 16.4. The summed E-state index contributed by atoms with van der Waals surface area (Å²) in [7, 11) is 0. The second-order valence-corrected chi connectivity index (χ2v) is 4.69. The first-order valence-electron chi connectivity index (χ1n) is 5.48. The van der Waals surface area contributed by atoms with E-state index in [-0.39, 0.29) is 12.1 Å². The molecule has 0 saturated heterocycles. The maximum Gasteiger partial charge on any atom is 0.417 e. The Morgan fingerprint density at radius 2 is 2.24 bits per heavy atom. The van der Waals surface area contributed by atoms with Gasteiger partial charge in [-0.1, -0.05) is 19.9 Å². The molecular weight excluding hydrogens is 220 g/mol. The molecule has 0 spiro atoms. The molecule has 2 rings (SSSR count). The van der Waals surface area contributed by atoms with Crippen LogP contribution < -0.4 is 11.1 Å². The van der Waals surface area contributed by atoms with Crippen LogP contribution in [-0.4, -0.2) is 23.4 Å². The van der Waals surface area contributed by atoms with Gasteiger partial charge in [0.25, 0.3) is 0 Å². The van der Waals surface area contributed by atoms with Gasteiger partial charge in [0.2, 0.25) is 0 Å². The fraction of sp³-hybridized carbons (Fsp3) is 0.417. The van der Waals surface area contributed by atoms with Crippen molar-refractivity contribution < 1.29 is 9.52 Å². The molecule has 0 radical (unpaired) electrons. The van der Waals surface area contributed by atoms with Crippen molar-refractivity contribution in [3.63, 3.8) is 0 Å². The van der Waals surface area contributed by atoms with Gasteiger partial charge < -0.3 is 9.52 Å². The Morgan fingerprint density at radius 3 is 2.94 bits per heavy atom. The molecule has 0 aliphatic carbocycles. The second kappa shape index (κ2) is 4.35. The second-order valence-electron chi connectivity index (χ2n) is 4.69. The molecule has 0 atom stereocenters. The number of H-pyrrole nitrogens is 1. The largest absolute Gasteiger partial charge is 0.417 e. The number of aliphatic hydroxyl groups excluding tert-OH is 1. The molecule has 3 N–H and O–H groups in total. The van der Waals surface area contributed by atoms with Gasteiger partial charge in [-0.3, -0.25) is 10.3 Å². The number of rotatable bonds is 4. The van der Waals surface area contributed by atoms with Gasteiger partial charge >= 0.3 is 5.76 Å². The first kappa shape index (κ1) is 11.9. The topological polar surface area (TPSA) is 78.3 Å². The van der Waals surface area contributed by atoms with Gasteiger partial charge in [0.1, 0.15) is 0 Å². The van der Waals surface area contributed by atoms with Crippen LogP contribution >= 0.6 is 0 Å². The van der Waals surface area contributed by atoms with Gasteiger partial charge in [-0.05, 0) is 17.7 Å². The Kier molecular flexibility index (Phi) is 3.04. The van der Waals surface area contributed by atoms with Gasteiger partial charge in [-0.2, -0.15) is 0 Å². The maximum atomic E-state index is 11.1. The van der Waals surface area contributed by atoms with Gasteiger partial charge in [-0.25, -0.2) is 4.79 Å². The van der Waals surface area contributed by atoms with Crippen molar-refractivity contribution in [1.29, 1.82) is 0 Å². The average Bonchev–Trinajstić information content (AvgIpc) is 2.65. The van der Waals surface area contributed by atoms with E-state index >= 15 is 0 Å². The van der Waals surface area contributed by atoms with Crippen molar-refractivity contribution in [2.75, 3.05) is 13.3 Å². The van der Waals surface area contributed by atoms with E-state index in [1.807, 2.05) is 12.1 Å². The smallest absolute Gasteiger partial charge is 0.408 e. The van der Waals surface area contributed by atoms with E-state index in [1.54, 1.807) is 6.07 Å². The first-order valence-corrected chi connectivity index (χ1v) is 5.48. The lowest BCUT2D eigenvalue weighted by Gasteiger charge is -2.25. The molecule has 5 nitrogen and oxygen atoms in total. The van der Waals surface area contributed by atoms with E-state index in [9.17, 15) is 4.79 Å². The predicted octanol–water partition coefficient (Wildman–Crippen LogP) is 0.938. The van der Waals surface area contributed by atoms with Crippen LogP contribution in [-0.2, 0) is 5.41 Å². The number of aromatic nitrogens is 1. The Morgan fingerprint density at radius 1 is 1.47 bits per heavy atom. The summed E-state index contributed by atoms with van der Waals surface area (Å²) in [6.07, 6.45) is 0. The molecule has 1 aromatic carbocycles. The monoisotopic (exact) mass is 236 g/mol. The van der Waals surface area contributed by atoms with E-state index < -0.39 is 5.76 Å². The lowest BCUT2D eigenvalue weighted by Crippen LogP contribution is -2.33. The predicted molar refractivity (Wildman–Crippen MR) is 64.9 cm³/mol. The number of hydrogen-bond acceptors (Lipinski definition) is 4. The van der Waals surface area contributed by atoms with Crippen LogP contribution in [0.3, 0.4) is 0 Å². The molecule has 17 heavy (non-hydrogen) atoms. The summed E-state index contributed by atoms with van der Waals surface area (Å²) in [4.78, 5) is 13.7. The zero-order valence-corrected chi connectivity index (χ0v) is 9.91. The highest BCUT2D eigenvalue weighted by Gasteiger charge is 2.20. The van der Waals surface area contributed by atoms with Crippen LogP contribution in [0, 0.1) is 0 Å². The highest BCUT2D eigenvalue weighted by Crippen LogP contribution is 2.25. The molecule has 0 fully saturated rings. The molecule has 1 aromatic heterocycles. The van der Waals surface area contributed by atoms with E-state index in [0.717, 1.165) is 5.56 Å². The van der Waals surface area contributed by atoms with E-state index in [1.165, 1.54) is 0 Å². The normalized spacial score (nSPS) is 12.2. The van der Waals surface area contributed by atoms with Crippen LogP contribution in [0.15, 0.2) is 27.4 Å². The quantitative estimate of drug-likeness (QED) is 0.690. The Labute approximate surface area is 98.5 Å². The molecule has 0 bridgehead atoms. The average molecular weight is 236 g/mol. The van der Waals surface area contributed by atoms with Gasteiger partial charge in [0.15, 0.2) is 5.58 Å². The summed E-state index contributed by atoms with van der Waals surface area (Å²) >= 11 is 0. The SMILES string of the molecule is CC(C)(CNCO)c1ccc2oc(=O)[nH]c2c1. The van der Waals surface area contributed by atoms with Crippen molar-refractivity contribution in [3.8, 4) is 0 Å². The van der Waals surface area contributed by atoms with Crippen molar-refractivity contribution >= 4 is 11.1 Å². The summed E-state index contributed by atoms with van der Waals surface area (Å²) in [6, 6.07) is 5.61. The molecular formula is C12H16N2O3. The zero-order chi connectivity index (χ0) is 12.5. The molecule has 0 amide bonds. The van der Waals surface area contributed by atoms with Crippen molar-refractivity contribution in [3.05, 3.63) is 34.3 Å². The molecule has 92 valence electrons. The molecule has 0 aliphatic rings. The highest BCUT2D eigenvalue weighted by molar-refractivity contribution is 5.73. The molecule has 2 aromatic rings. The standard InChI is InChI=1S/C12H16N2O3/c1-12(2,6-13-7-15)8-3-4-10-9(5-8)14-11(16)17-10/h3-5,13,15H,6-7H2,1-2H3,(H,14,16). The van der Waals surface area contributed by atoms with Crippen LogP contribution in [0.1, 0.15) is 19.4 Å². The molecule has 0 aliphatic heterocycles. The summed E-state index contributed by atoms with van der Waals surface area (Å²) in [6.45, 7) is 4.73. The van der Waals surface area contributed by atoms with Gasteiger partial charge in [0.05, 0.1) is 12.2 Å². The fourth-order valence-electron chi connectivity index (χ4n) is 1.84. The number of aliphatic hydroxyl groups is 1. The van der Waals surface area contributed by atoms with Crippen molar-refractivity contribution in [2.45, 2.75) is 19.3 Å². The van der Waals surface area contributed by atoms with Crippen LogP contribution in [0.5, 0.6) is 0 Å². The molecule has 0 unspecified atom stereocenters. The fourth-order valence-corrected chi connectivity index (χ4v) is 1.84.